The molecule has 0 bridgehead atoms. The molecule has 0 radical (unpaired) electrons. The molecule has 0 spiro atoms. The van der Waals surface area contributed by atoms with Gasteiger partial charge in [-0.05, 0) is 125 Å². The molecule has 0 saturated carbocycles. The number of guanidine groups is 5. The third-order valence-electron chi connectivity index (χ3n) is 18.8. The average molecular weight is 1610 g/mol. The smallest absolute Gasteiger partial charge is 0.243 e. The lowest BCUT2D eigenvalue weighted by atomic mass is 9.96. The predicted octanol–water partition coefficient (Wildman–Crippen LogP) is -5.02. The van der Waals surface area contributed by atoms with E-state index in [1.54, 1.807) is 79.8 Å². The minimum Gasteiger partial charge on any atom is -0.370 e. The Morgan fingerprint density at radius 3 is 1.11 bits per heavy atom. The summed E-state index contributed by atoms with van der Waals surface area (Å²) in [5, 5.41) is 30.7. The molecule has 0 aliphatic rings. The average Bonchev–Trinajstić information content (AvgIpc) is 1.65. The molecule has 41 heteroatoms. The lowest BCUT2D eigenvalue weighted by Crippen LogP contribution is -2.62. The highest BCUT2D eigenvalue weighted by atomic mass is 16.2. The summed E-state index contributed by atoms with van der Waals surface area (Å²) in [6.07, 6.45) is 3.43. The van der Waals surface area contributed by atoms with Gasteiger partial charge in [-0.25, -0.2) is 0 Å². The van der Waals surface area contributed by atoms with Gasteiger partial charge in [-0.3, -0.25) is 82.5 Å². The Kier molecular flexibility index (Phi) is 44.5. The Labute approximate surface area is 667 Å². The monoisotopic (exact) mass is 1610 g/mol. The summed E-state index contributed by atoms with van der Waals surface area (Å²) in [7, 11) is 0. The summed E-state index contributed by atoms with van der Waals surface area (Å²) in [6, 6.07) is -8.50. The standard InChI is InChI=1S/C73H131N29O12/c1-12-40(9)55(102-64(110)51(34-37(3)4)98-61(107)49(27-20-32-89-72(82)83)95-65(111)53(74)38(5)6)67(113)97-47(24-16-17-29-86-69(76)77)59(105)92-42(11)58(104)100-54(39(7)8)66(112)96-50(28-21-33-90-73(84)85)62(108)101-56(41(10)13-2)68(114)99-52(35-43-36-91-45-23-15-14-22-44(43)45)63(109)94-48(26-19-31-88-71(80)81)60(106)93-46(57(75)103)25-18-30-87-70(78)79/h14-15,22-23,36-42,46-56,91H,12-13,16-21,24-35,74H2,1-11H3,(H2,75,103)(H,92,105)(H,93,106)(H,94,109)(H,95,111)(H,96,112)(H,97,113)(H,98,107)(H,99,114)(H,100,104)(H,101,108)(H,102,110)(H4,76,77,86)(H4,78,79,87)(H4,80,81,88)(H4,82,83,89)(H4,84,85,90)/t40-,41-,42-,46-,47-,48-,49-,50-,51-,52-,53-,54-,55-,56-/m0/s1. The Hall–Kier alpha value is -11.3. The normalized spacial score (nSPS) is 14.9. The van der Waals surface area contributed by atoms with Crippen molar-refractivity contribution in [1.29, 1.82) is 0 Å². The fourth-order valence-electron chi connectivity index (χ4n) is 11.8. The van der Waals surface area contributed by atoms with Crippen LogP contribution in [-0.4, -0.2) is 211 Å². The van der Waals surface area contributed by atoms with E-state index in [4.69, 9.17) is 68.8 Å². The van der Waals surface area contributed by atoms with Gasteiger partial charge in [0.1, 0.15) is 66.5 Å². The van der Waals surface area contributed by atoms with E-state index in [2.05, 4.69) is 88.4 Å². The predicted molar refractivity (Wildman–Crippen MR) is 438 cm³/mol. The highest BCUT2D eigenvalue weighted by molar-refractivity contribution is 6.00. The molecule has 0 saturated heterocycles. The van der Waals surface area contributed by atoms with Gasteiger partial charge >= 0.3 is 0 Å². The summed E-state index contributed by atoms with van der Waals surface area (Å²) in [5.74, 6) is -13.0. The van der Waals surface area contributed by atoms with Crippen LogP contribution in [0.25, 0.3) is 10.9 Å². The Balaban J connectivity index is 2.60. The van der Waals surface area contributed by atoms with Gasteiger partial charge in [-0.2, -0.15) is 0 Å². The van der Waals surface area contributed by atoms with Crippen molar-refractivity contribution in [2.75, 3.05) is 32.7 Å². The van der Waals surface area contributed by atoms with E-state index in [0.29, 0.717) is 29.3 Å². The van der Waals surface area contributed by atoms with Crippen LogP contribution in [0.1, 0.15) is 172 Å². The first-order valence-corrected chi connectivity index (χ1v) is 38.8. The van der Waals surface area contributed by atoms with Crippen molar-refractivity contribution in [2.24, 2.45) is 123 Å². The molecule has 1 aromatic heterocycles. The van der Waals surface area contributed by atoms with E-state index in [1.165, 1.54) is 6.92 Å². The number of carbonyl (C=O) groups is 12. The lowest BCUT2D eigenvalue weighted by molar-refractivity contribution is -0.137. The van der Waals surface area contributed by atoms with Crippen LogP contribution in [0.3, 0.4) is 0 Å². The van der Waals surface area contributed by atoms with Gasteiger partial charge in [-0.15, -0.1) is 0 Å². The minimum absolute atomic E-state index is 0.00774. The number of carbonyl (C=O) groups excluding carboxylic acids is 12. The van der Waals surface area contributed by atoms with Crippen LogP contribution in [0, 0.1) is 29.6 Å². The van der Waals surface area contributed by atoms with E-state index >= 15 is 4.79 Å². The zero-order chi connectivity index (χ0) is 86.1. The number of benzene rings is 1. The molecule has 0 fully saturated rings. The van der Waals surface area contributed by atoms with E-state index in [0.717, 1.165) is 0 Å². The number of unbranched alkanes of at least 4 members (excludes halogenated alkanes) is 1. The van der Waals surface area contributed by atoms with Crippen LogP contribution < -0.4 is 127 Å². The SMILES string of the molecule is CC[C@H](C)[C@H](NC(=O)[C@H](CC(C)C)NC(=O)[C@H](CCCN=C(N)N)NC(=O)[C@@H](N)C(C)C)C(=O)N[C@@H](CCCCN=C(N)N)C(=O)N[C@@H](C)C(=O)N[C@H](C(=O)N[C@@H](CCCN=C(N)N)C(=O)N[C@H](C(=O)N[C@@H](Cc1c[nH]c2ccccc12)C(=O)N[C@@H](CCCN=C(N)N)C(=O)N[C@@H](CCCN=C(N)N)C(N)=O)[C@@H](C)CC)C(C)C. The number of H-pyrrole nitrogens is 1. The number of nitrogens with zero attached hydrogens (tertiary/aromatic N) is 5. The molecule has 41 nitrogen and oxygen atoms in total. The molecular weight excluding hydrogens is 1470 g/mol. The molecular formula is C73H131N29O12. The maximum atomic E-state index is 15.0. The minimum atomic E-state index is -1.46. The number of aromatic nitrogens is 1. The van der Waals surface area contributed by atoms with E-state index < -0.39 is 161 Å². The van der Waals surface area contributed by atoms with Crippen molar-refractivity contribution < 1.29 is 57.5 Å². The summed E-state index contributed by atoms with van der Waals surface area (Å²) in [5.41, 5.74) is 68.7. The fourth-order valence-corrected chi connectivity index (χ4v) is 11.8. The number of nitrogens with two attached hydrogens (primary N) is 12. The van der Waals surface area contributed by atoms with Crippen LogP contribution in [0.2, 0.25) is 0 Å². The second kappa shape index (κ2) is 51.4. The third kappa shape index (κ3) is 36.9. The second-order valence-corrected chi connectivity index (χ2v) is 29.6. The van der Waals surface area contributed by atoms with Gasteiger partial charge in [-0.1, -0.05) is 100 Å². The van der Waals surface area contributed by atoms with Gasteiger partial charge < -0.3 is 132 Å². The molecule has 12 amide bonds. The van der Waals surface area contributed by atoms with Gasteiger partial charge in [0.15, 0.2) is 29.8 Å². The van der Waals surface area contributed by atoms with Crippen LogP contribution >= 0.6 is 0 Å². The van der Waals surface area contributed by atoms with Crippen molar-refractivity contribution >= 4 is 112 Å². The topological polar surface area (TPSA) is 727 Å². The Bertz CT molecular complexity index is 3620. The quantitative estimate of drug-likeness (QED) is 0.0167. The number of aliphatic imine (C=N–C) groups is 5. The number of nitrogens with one attached hydrogen (secondary N) is 12. The van der Waals surface area contributed by atoms with Crippen LogP contribution in [0.4, 0.5) is 0 Å². The first kappa shape index (κ1) is 98.8. The molecule has 1 heterocycles. The van der Waals surface area contributed by atoms with Crippen molar-refractivity contribution in [3.05, 3.63) is 36.0 Å². The molecule has 0 unspecified atom stereocenters. The van der Waals surface area contributed by atoms with Crippen LogP contribution in [0.15, 0.2) is 55.4 Å². The number of primary amides is 1. The molecule has 36 N–H and O–H groups in total. The van der Waals surface area contributed by atoms with Crippen molar-refractivity contribution in [3.8, 4) is 0 Å². The molecule has 114 heavy (non-hydrogen) atoms. The molecule has 0 aliphatic heterocycles. The number of rotatable bonds is 54. The number of hydrogen-bond acceptors (Lipinski definition) is 18. The van der Waals surface area contributed by atoms with Crippen molar-refractivity contribution in [1.82, 2.24) is 63.5 Å². The molecule has 1 aromatic carbocycles. The Morgan fingerprint density at radius 1 is 0.360 bits per heavy atom. The van der Waals surface area contributed by atoms with E-state index in [-0.39, 0.29) is 158 Å². The number of para-hydroxylation sites is 1. The van der Waals surface area contributed by atoms with Gasteiger partial charge in [0.25, 0.3) is 0 Å². The van der Waals surface area contributed by atoms with E-state index in [1.807, 2.05) is 19.9 Å². The molecule has 14 atom stereocenters. The summed E-state index contributed by atoms with van der Waals surface area (Å²) in [4.78, 5) is 195. The number of fused-ring (bicyclic) bond motifs is 1. The summed E-state index contributed by atoms with van der Waals surface area (Å²) < 4.78 is 0. The van der Waals surface area contributed by atoms with Crippen LogP contribution in [-0.2, 0) is 64.0 Å². The summed E-state index contributed by atoms with van der Waals surface area (Å²) in [6.45, 7) is 19.1. The highest BCUT2D eigenvalue weighted by Crippen LogP contribution is 2.21. The fraction of sp³-hybridized carbons (Fsp3) is 0.658. The molecule has 2 aromatic rings. The van der Waals surface area contributed by atoms with Crippen molar-refractivity contribution in [3.63, 3.8) is 0 Å². The maximum Gasteiger partial charge on any atom is 0.243 e. The number of amides is 12. The van der Waals surface area contributed by atoms with Gasteiger partial charge in [0.2, 0.25) is 70.9 Å². The second-order valence-electron chi connectivity index (χ2n) is 29.6. The van der Waals surface area contributed by atoms with Gasteiger partial charge in [0, 0.05) is 56.2 Å². The van der Waals surface area contributed by atoms with Crippen molar-refractivity contribution in [2.45, 2.75) is 245 Å². The largest absolute Gasteiger partial charge is 0.370 e. The van der Waals surface area contributed by atoms with Crippen LogP contribution in [0.5, 0.6) is 0 Å². The highest BCUT2D eigenvalue weighted by Gasteiger charge is 2.39. The van der Waals surface area contributed by atoms with Gasteiger partial charge in [0.05, 0.1) is 6.04 Å². The third-order valence-corrected chi connectivity index (χ3v) is 18.8. The molecule has 0 aliphatic carbocycles. The summed E-state index contributed by atoms with van der Waals surface area (Å²) >= 11 is 0. The first-order valence-electron chi connectivity index (χ1n) is 38.8. The number of aromatic amines is 1. The zero-order valence-electron chi connectivity index (χ0n) is 67.9. The molecule has 2 rings (SSSR count). The van der Waals surface area contributed by atoms with E-state index in [9.17, 15) is 52.7 Å². The maximum absolute atomic E-state index is 15.0. The number of hydrogen-bond donors (Lipinski definition) is 24. The Morgan fingerprint density at radius 2 is 0.693 bits per heavy atom. The lowest BCUT2D eigenvalue weighted by Gasteiger charge is -2.30. The molecule has 640 valence electrons. The zero-order valence-corrected chi connectivity index (χ0v) is 67.9. The first-order chi connectivity index (χ1) is 53.6.